The lowest BCUT2D eigenvalue weighted by Gasteiger charge is -2.05. The maximum Gasteiger partial charge on any atom is 0.373 e. The second kappa shape index (κ2) is 5.32. The van der Waals surface area contributed by atoms with E-state index in [1.165, 1.54) is 0 Å². The van der Waals surface area contributed by atoms with Gasteiger partial charge in [-0.3, -0.25) is 4.89 Å². The summed E-state index contributed by atoms with van der Waals surface area (Å²) in [5.74, 6) is -0.468. The van der Waals surface area contributed by atoms with E-state index < -0.39 is 5.97 Å². The van der Waals surface area contributed by atoms with Crippen LogP contribution in [0.15, 0.2) is 24.8 Å². The molecule has 0 saturated carbocycles. The number of benzene rings is 1. The van der Waals surface area contributed by atoms with E-state index in [4.69, 9.17) is 0 Å². The fourth-order valence-electron chi connectivity index (χ4n) is 1.20. The Labute approximate surface area is 89.2 Å². The van der Waals surface area contributed by atoms with E-state index >= 15 is 0 Å². The molecule has 1 rings (SSSR count). The summed E-state index contributed by atoms with van der Waals surface area (Å²) in [6, 6.07) is 5.38. The maximum atomic E-state index is 11.5. The van der Waals surface area contributed by atoms with E-state index in [1.807, 2.05) is 19.1 Å². The quantitative estimate of drug-likeness (QED) is 0.561. The molecule has 0 heterocycles. The number of aryl methyl sites for hydroxylation is 1. The molecule has 1 aromatic rings. The first-order valence-corrected chi connectivity index (χ1v) is 4.76. The molecule has 0 aliphatic carbocycles. The summed E-state index contributed by atoms with van der Waals surface area (Å²) in [7, 11) is 0. The van der Waals surface area contributed by atoms with Gasteiger partial charge >= 0.3 is 5.97 Å². The number of hydrogen-bond acceptors (Lipinski definition) is 3. The molecule has 0 aliphatic heterocycles. The van der Waals surface area contributed by atoms with E-state index in [9.17, 15) is 4.79 Å². The third kappa shape index (κ3) is 2.92. The van der Waals surface area contributed by atoms with Gasteiger partial charge in [0.2, 0.25) is 0 Å². The second-order valence-electron chi connectivity index (χ2n) is 3.06. The highest BCUT2D eigenvalue weighted by Gasteiger charge is 2.11. The molecule has 0 unspecified atom stereocenters. The minimum Gasteiger partial charge on any atom is -0.293 e. The highest BCUT2D eigenvalue weighted by molar-refractivity contribution is 5.90. The standard InChI is InChI=1S/C12H14O3/c1-4-10-6-7-11(9(3)8-10)12(13)15-14-5-2/h4,6-8H,1,5H2,2-3H3. The van der Waals surface area contributed by atoms with Crippen LogP contribution in [0.2, 0.25) is 0 Å². The molecule has 3 nitrogen and oxygen atoms in total. The Morgan fingerprint density at radius 1 is 1.53 bits per heavy atom. The van der Waals surface area contributed by atoms with Crippen molar-refractivity contribution in [1.82, 2.24) is 0 Å². The van der Waals surface area contributed by atoms with Gasteiger partial charge < -0.3 is 0 Å². The summed E-state index contributed by atoms with van der Waals surface area (Å²) in [5.41, 5.74) is 2.33. The summed E-state index contributed by atoms with van der Waals surface area (Å²) in [4.78, 5) is 20.6. The molecule has 0 saturated heterocycles. The summed E-state index contributed by atoms with van der Waals surface area (Å²) in [6.07, 6.45) is 1.73. The van der Waals surface area contributed by atoms with Crippen LogP contribution in [0.4, 0.5) is 0 Å². The average molecular weight is 206 g/mol. The van der Waals surface area contributed by atoms with Gasteiger partial charge in [-0.15, -0.1) is 0 Å². The minimum absolute atomic E-state index is 0.343. The van der Waals surface area contributed by atoms with Crippen molar-refractivity contribution in [3.05, 3.63) is 41.5 Å². The van der Waals surface area contributed by atoms with Crippen LogP contribution in [0.5, 0.6) is 0 Å². The Morgan fingerprint density at radius 3 is 2.80 bits per heavy atom. The monoisotopic (exact) mass is 206 g/mol. The molecule has 80 valence electrons. The SMILES string of the molecule is C=Cc1ccc(C(=O)OOCC)c(C)c1. The zero-order valence-corrected chi connectivity index (χ0v) is 8.95. The molecule has 0 N–H and O–H groups in total. The normalized spacial score (nSPS) is 9.73. The minimum atomic E-state index is -0.468. The predicted molar refractivity (Wildman–Crippen MR) is 58.3 cm³/mol. The third-order valence-electron chi connectivity index (χ3n) is 1.96. The average Bonchev–Trinajstić information content (AvgIpc) is 2.25. The van der Waals surface area contributed by atoms with Crippen molar-refractivity contribution in [1.29, 1.82) is 0 Å². The van der Waals surface area contributed by atoms with Crippen molar-refractivity contribution in [2.45, 2.75) is 13.8 Å². The van der Waals surface area contributed by atoms with Gasteiger partial charge in [-0.2, -0.15) is 4.89 Å². The van der Waals surface area contributed by atoms with E-state index in [1.54, 1.807) is 19.1 Å². The van der Waals surface area contributed by atoms with Crippen molar-refractivity contribution < 1.29 is 14.6 Å². The summed E-state index contributed by atoms with van der Waals surface area (Å²) < 4.78 is 0. The molecule has 3 heteroatoms. The third-order valence-corrected chi connectivity index (χ3v) is 1.96. The second-order valence-corrected chi connectivity index (χ2v) is 3.06. The van der Waals surface area contributed by atoms with E-state index in [-0.39, 0.29) is 0 Å². The summed E-state index contributed by atoms with van der Waals surface area (Å²) in [5, 5.41) is 0. The Morgan fingerprint density at radius 2 is 2.27 bits per heavy atom. The Kier molecular flexibility index (Phi) is 4.06. The molecule has 0 fully saturated rings. The topological polar surface area (TPSA) is 35.5 Å². The zero-order valence-electron chi connectivity index (χ0n) is 8.95. The smallest absolute Gasteiger partial charge is 0.293 e. The summed E-state index contributed by atoms with van der Waals surface area (Å²) in [6.45, 7) is 7.59. The lowest BCUT2D eigenvalue weighted by Crippen LogP contribution is -2.07. The van der Waals surface area contributed by atoms with E-state index in [0.29, 0.717) is 12.2 Å². The molecule has 0 aliphatic rings. The number of carbonyl (C=O) groups is 1. The first kappa shape index (κ1) is 11.5. The van der Waals surface area contributed by atoms with Crippen LogP contribution in [-0.4, -0.2) is 12.6 Å². The van der Waals surface area contributed by atoms with Crippen LogP contribution >= 0.6 is 0 Å². The molecule has 0 radical (unpaired) electrons. The molecule has 0 bridgehead atoms. The first-order valence-electron chi connectivity index (χ1n) is 4.76. The first-order chi connectivity index (χ1) is 7.19. The molecule has 0 amide bonds. The van der Waals surface area contributed by atoms with Crippen molar-refractivity contribution >= 4 is 12.0 Å². The van der Waals surface area contributed by atoms with Crippen LogP contribution in [0.25, 0.3) is 6.08 Å². The fraction of sp³-hybridized carbons (Fsp3) is 0.250. The molecule has 15 heavy (non-hydrogen) atoms. The molecular formula is C12H14O3. The van der Waals surface area contributed by atoms with Gasteiger partial charge in [-0.1, -0.05) is 24.8 Å². The maximum absolute atomic E-state index is 11.5. The van der Waals surface area contributed by atoms with Gasteiger partial charge in [0.15, 0.2) is 0 Å². The Hall–Kier alpha value is -1.61. The largest absolute Gasteiger partial charge is 0.373 e. The van der Waals surface area contributed by atoms with E-state index in [2.05, 4.69) is 16.4 Å². The van der Waals surface area contributed by atoms with Crippen molar-refractivity contribution in [2.24, 2.45) is 0 Å². The van der Waals surface area contributed by atoms with Crippen LogP contribution in [0, 0.1) is 6.92 Å². The van der Waals surface area contributed by atoms with Gasteiger partial charge in [-0.25, -0.2) is 4.79 Å². The highest BCUT2D eigenvalue weighted by Crippen LogP contribution is 2.13. The van der Waals surface area contributed by atoms with Gasteiger partial charge in [0, 0.05) is 0 Å². The molecule has 0 aromatic heterocycles. The fourth-order valence-corrected chi connectivity index (χ4v) is 1.20. The Bertz CT molecular complexity index is 369. The highest BCUT2D eigenvalue weighted by atomic mass is 17.2. The van der Waals surface area contributed by atoms with Crippen LogP contribution < -0.4 is 0 Å². The number of hydrogen-bond donors (Lipinski definition) is 0. The Balaban J connectivity index is 2.85. The number of rotatable bonds is 4. The lowest BCUT2D eigenvalue weighted by atomic mass is 10.1. The zero-order chi connectivity index (χ0) is 11.3. The molecule has 1 aromatic carbocycles. The van der Waals surface area contributed by atoms with Crippen LogP contribution in [-0.2, 0) is 9.78 Å². The van der Waals surface area contributed by atoms with Crippen LogP contribution in [0.3, 0.4) is 0 Å². The van der Waals surface area contributed by atoms with Crippen molar-refractivity contribution in [3.63, 3.8) is 0 Å². The number of carbonyl (C=O) groups excluding carboxylic acids is 1. The molecule has 0 spiro atoms. The van der Waals surface area contributed by atoms with Gasteiger partial charge in [0.25, 0.3) is 0 Å². The van der Waals surface area contributed by atoms with Gasteiger partial charge in [-0.05, 0) is 31.0 Å². The van der Waals surface area contributed by atoms with Crippen LogP contribution in [0.1, 0.15) is 28.4 Å². The summed E-state index contributed by atoms with van der Waals surface area (Å²) >= 11 is 0. The van der Waals surface area contributed by atoms with Gasteiger partial charge in [0.05, 0.1) is 12.2 Å². The lowest BCUT2D eigenvalue weighted by molar-refractivity contribution is -0.236. The predicted octanol–water partition coefficient (Wildman–Crippen LogP) is 2.75. The molecule has 0 atom stereocenters. The van der Waals surface area contributed by atoms with Crippen molar-refractivity contribution in [2.75, 3.05) is 6.61 Å². The van der Waals surface area contributed by atoms with Gasteiger partial charge in [0.1, 0.15) is 0 Å². The molecular weight excluding hydrogens is 192 g/mol. The van der Waals surface area contributed by atoms with Crippen molar-refractivity contribution in [3.8, 4) is 0 Å². The van der Waals surface area contributed by atoms with E-state index in [0.717, 1.165) is 11.1 Å².